The molecule has 3 nitrogen and oxygen atoms in total. The molecule has 0 saturated heterocycles. The maximum Gasteiger partial charge on any atom is 0.161 e. The third-order valence-corrected chi connectivity index (χ3v) is 6.72. The van der Waals surface area contributed by atoms with E-state index in [1.807, 2.05) is 24.3 Å². The van der Waals surface area contributed by atoms with Crippen LogP contribution in [-0.4, -0.2) is 17.0 Å². The van der Waals surface area contributed by atoms with Gasteiger partial charge in [0.1, 0.15) is 5.54 Å². The molecule has 0 radical (unpaired) electrons. The van der Waals surface area contributed by atoms with Crippen molar-refractivity contribution in [3.63, 3.8) is 0 Å². The highest BCUT2D eigenvalue weighted by atomic mass is 16.1. The molecular weight excluding hydrogens is 320 g/mol. The molecule has 2 atom stereocenters. The molecule has 1 aliphatic heterocycles. The van der Waals surface area contributed by atoms with Gasteiger partial charge in [0.25, 0.3) is 0 Å². The van der Waals surface area contributed by atoms with Crippen LogP contribution in [0.5, 0.6) is 0 Å². The zero-order valence-corrected chi connectivity index (χ0v) is 15.0. The van der Waals surface area contributed by atoms with Crippen LogP contribution in [0.1, 0.15) is 50.5 Å². The molecule has 0 bridgehead atoms. The minimum Gasteiger partial charge on any atom is -0.297 e. The minimum absolute atomic E-state index is 0.141. The first kappa shape index (κ1) is 15.8. The topological polar surface area (TPSA) is 32.7 Å². The molecule has 0 aromatic heterocycles. The fourth-order valence-electron chi connectivity index (χ4n) is 5.67. The zero-order valence-electron chi connectivity index (χ0n) is 15.0. The Kier molecular flexibility index (Phi) is 3.53. The lowest BCUT2D eigenvalue weighted by molar-refractivity contribution is -0.125. The molecule has 26 heavy (non-hydrogen) atoms. The van der Waals surface area contributed by atoms with Crippen LogP contribution < -0.4 is 5.01 Å². The number of nitrogens with zero attached hydrogens (tertiary/aromatic N) is 2. The van der Waals surface area contributed by atoms with Crippen LogP contribution in [0.25, 0.3) is 0 Å². The number of para-hydroxylation sites is 1. The van der Waals surface area contributed by atoms with E-state index < -0.39 is 5.54 Å². The number of hydrogen-bond acceptors (Lipinski definition) is 3. The molecule has 2 saturated carbocycles. The van der Waals surface area contributed by atoms with Crippen molar-refractivity contribution in [2.24, 2.45) is 10.5 Å². The maximum absolute atomic E-state index is 13.5. The molecule has 0 amide bonds. The monoisotopic (exact) mass is 344 g/mol. The maximum atomic E-state index is 13.5. The van der Waals surface area contributed by atoms with Crippen molar-refractivity contribution in [3.05, 3.63) is 66.2 Å². The van der Waals surface area contributed by atoms with E-state index >= 15 is 0 Å². The fourth-order valence-corrected chi connectivity index (χ4v) is 5.67. The predicted octanol–water partition coefficient (Wildman–Crippen LogP) is 4.96. The van der Waals surface area contributed by atoms with E-state index in [0.717, 1.165) is 49.9 Å². The number of benzene rings is 2. The second kappa shape index (κ2) is 5.80. The molecule has 1 heterocycles. The first-order valence-electron chi connectivity index (χ1n) is 9.81. The Morgan fingerprint density at radius 1 is 0.808 bits per heavy atom. The van der Waals surface area contributed by atoms with E-state index in [-0.39, 0.29) is 5.41 Å². The number of Topliss-reactive ketones (excluding diaryl/α,β-unsaturated/α-hetero) is 1. The summed E-state index contributed by atoms with van der Waals surface area (Å²) in [5, 5.41) is 7.27. The summed E-state index contributed by atoms with van der Waals surface area (Å²) in [5.41, 5.74) is 2.72. The standard InChI is InChI=1S/C23H24N2O/c26-20-14-7-8-15-22-16-9-17-23(20,22)25(19-12-5-2-6-13-19)24-21(22)18-10-3-1-4-11-18/h1-6,10-13H,7-9,14-17H2. The fraction of sp³-hybridized carbons (Fsp3) is 0.391. The van der Waals surface area contributed by atoms with E-state index in [1.165, 1.54) is 5.56 Å². The molecule has 0 N–H and O–H groups in total. The van der Waals surface area contributed by atoms with Gasteiger partial charge in [-0.1, -0.05) is 55.0 Å². The van der Waals surface area contributed by atoms with Crippen molar-refractivity contribution < 1.29 is 4.79 Å². The van der Waals surface area contributed by atoms with Gasteiger partial charge in [0, 0.05) is 11.8 Å². The molecule has 2 unspecified atom stereocenters. The highest BCUT2D eigenvalue weighted by Crippen LogP contribution is 2.61. The van der Waals surface area contributed by atoms with Crippen molar-refractivity contribution in [1.82, 2.24) is 0 Å². The molecule has 2 aliphatic carbocycles. The molecule has 132 valence electrons. The summed E-state index contributed by atoms with van der Waals surface area (Å²) in [6, 6.07) is 20.8. The molecule has 2 fully saturated rings. The summed E-state index contributed by atoms with van der Waals surface area (Å²) >= 11 is 0. The van der Waals surface area contributed by atoms with Gasteiger partial charge in [0.05, 0.1) is 11.4 Å². The van der Waals surface area contributed by atoms with Crippen molar-refractivity contribution in [2.75, 3.05) is 5.01 Å². The van der Waals surface area contributed by atoms with E-state index in [1.54, 1.807) is 0 Å². The highest BCUT2D eigenvalue weighted by Gasteiger charge is 2.68. The van der Waals surface area contributed by atoms with Gasteiger partial charge in [-0.2, -0.15) is 5.10 Å². The summed E-state index contributed by atoms with van der Waals surface area (Å²) in [6.07, 6.45) is 6.95. The number of carbonyl (C=O) groups is 1. The van der Waals surface area contributed by atoms with Gasteiger partial charge in [-0.3, -0.25) is 9.80 Å². The molecule has 0 spiro atoms. The van der Waals surface area contributed by atoms with Crippen LogP contribution in [0, 0.1) is 5.41 Å². The molecule has 2 aromatic rings. The highest BCUT2D eigenvalue weighted by molar-refractivity contribution is 6.14. The number of rotatable bonds is 2. The lowest BCUT2D eigenvalue weighted by Crippen LogP contribution is -2.58. The Morgan fingerprint density at radius 2 is 1.50 bits per heavy atom. The van der Waals surface area contributed by atoms with Gasteiger partial charge < -0.3 is 0 Å². The Hall–Kier alpha value is -2.42. The average molecular weight is 344 g/mol. The summed E-state index contributed by atoms with van der Waals surface area (Å²) < 4.78 is 0. The first-order chi connectivity index (χ1) is 12.8. The van der Waals surface area contributed by atoms with Crippen molar-refractivity contribution >= 4 is 17.2 Å². The van der Waals surface area contributed by atoms with E-state index in [4.69, 9.17) is 5.10 Å². The van der Waals surface area contributed by atoms with Gasteiger partial charge in [0.15, 0.2) is 5.78 Å². The summed E-state index contributed by atoms with van der Waals surface area (Å²) in [4.78, 5) is 13.5. The van der Waals surface area contributed by atoms with Gasteiger partial charge in [0.2, 0.25) is 0 Å². The number of ketones is 1. The Bertz CT molecular complexity index is 860. The normalized spacial score (nSPS) is 30.5. The third-order valence-electron chi connectivity index (χ3n) is 6.72. The van der Waals surface area contributed by atoms with Crippen LogP contribution in [0.3, 0.4) is 0 Å². The number of anilines is 1. The van der Waals surface area contributed by atoms with Gasteiger partial charge in [-0.15, -0.1) is 0 Å². The molecule has 3 heteroatoms. The lowest BCUT2D eigenvalue weighted by Gasteiger charge is -2.43. The van der Waals surface area contributed by atoms with Crippen LogP contribution in [0.2, 0.25) is 0 Å². The molecule has 5 rings (SSSR count). The van der Waals surface area contributed by atoms with Crippen LogP contribution in [0.15, 0.2) is 65.8 Å². The summed E-state index contributed by atoms with van der Waals surface area (Å²) in [6.45, 7) is 0. The molecule has 3 aliphatic rings. The number of hydrogen-bond donors (Lipinski definition) is 0. The smallest absolute Gasteiger partial charge is 0.161 e. The Balaban J connectivity index is 1.77. The largest absolute Gasteiger partial charge is 0.297 e. The quantitative estimate of drug-likeness (QED) is 0.771. The molecular formula is C23H24N2O. The van der Waals surface area contributed by atoms with Crippen molar-refractivity contribution in [3.8, 4) is 0 Å². The van der Waals surface area contributed by atoms with Gasteiger partial charge >= 0.3 is 0 Å². The average Bonchev–Trinajstić information content (AvgIpc) is 3.15. The van der Waals surface area contributed by atoms with Gasteiger partial charge in [-0.25, -0.2) is 0 Å². The van der Waals surface area contributed by atoms with E-state index in [2.05, 4.69) is 41.4 Å². The van der Waals surface area contributed by atoms with E-state index in [0.29, 0.717) is 12.2 Å². The second-order valence-electron chi connectivity index (χ2n) is 7.89. The lowest BCUT2D eigenvalue weighted by atomic mass is 9.64. The van der Waals surface area contributed by atoms with Gasteiger partial charge in [-0.05, 0) is 49.8 Å². The summed E-state index contributed by atoms with van der Waals surface area (Å²) in [7, 11) is 0. The second-order valence-corrected chi connectivity index (χ2v) is 7.89. The third kappa shape index (κ3) is 1.94. The Morgan fingerprint density at radius 3 is 2.27 bits per heavy atom. The van der Waals surface area contributed by atoms with Crippen molar-refractivity contribution in [2.45, 2.75) is 50.5 Å². The van der Waals surface area contributed by atoms with Crippen LogP contribution >= 0.6 is 0 Å². The predicted molar refractivity (Wildman–Crippen MR) is 104 cm³/mol. The SMILES string of the molecule is O=C1CCCCC23CCCC12N(c1ccccc1)N=C3c1ccccc1. The van der Waals surface area contributed by atoms with Crippen LogP contribution in [-0.2, 0) is 4.79 Å². The first-order valence-corrected chi connectivity index (χ1v) is 9.81. The zero-order chi connectivity index (χ0) is 17.6. The summed E-state index contributed by atoms with van der Waals surface area (Å²) in [5.74, 6) is 0.394. The Labute approximate surface area is 154 Å². The van der Waals surface area contributed by atoms with Crippen molar-refractivity contribution in [1.29, 1.82) is 0 Å². The number of hydrazone groups is 1. The van der Waals surface area contributed by atoms with Crippen LogP contribution in [0.4, 0.5) is 5.69 Å². The minimum atomic E-state index is -0.490. The molecule has 2 aromatic carbocycles. The van der Waals surface area contributed by atoms with E-state index in [9.17, 15) is 4.79 Å². The number of carbonyl (C=O) groups excluding carboxylic acids is 1.